The molecule has 2 aromatic rings. The van der Waals surface area contributed by atoms with E-state index < -0.39 is 0 Å². The molecule has 1 heterocycles. The summed E-state index contributed by atoms with van der Waals surface area (Å²) in [6, 6.07) is 17.3. The van der Waals surface area contributed by atoms with Crippen LogP contribution in [0.3, 0.4) is 0 Å². The van der Waals surface area contributed by atoms with Crippen molar-refractivity contribution >= 4 is 11.6 Å². The summed E-state index contributed by atoms with van der Waals surface area (Å²) in [6.07, 6.45) is 5.53. The minimum absolute atomic E-state index is 0.157. The highest BCUT2D eigenvalue weighted by molar-refractivity contribution is 5.94. The number of anilines is 1. The van der Waals surface area contributed by atoms with Crippen LogP contribution in [0.15, 0.2) is 48.5 Å². The van der Waals surface area contributed by atoms with Gasteiger partial charge in [-0.1, -0.05) is 52.0 Å². The molecule has 0 aliphatic carbocycles. The van der Waals surface area contributed by atoms with Gasteiger partial charge in [0.05, 0.1) is 0 Å². The Morgan fingerprint density at radius 2 is 1.79 bits per heavy atom. The Hall–Kier alpha value is -2.53. The van der Waals surface area contributed by atoms with Gasteiger partial charge in [0.15, 0.2) is 5.96 Å². The first-order valence-electron chi connectivity index (χ1n) is 12.5. The lowest BCUT2D eigenvalue weighted by molar-refractivity contribution is 0.230. The highest BCUT2D eigenvalue weighted by Crippen LogP contribution is 2.26. The average Bonchev–Trinajstić information content (AvgIpc) is 2.83. The van der Waals surface area contributed by atoms with E-state index in [9.17, 15) is 0 Å². The van der Waals surface area contributed by atoms with Crippen LogP contribution in [-0.4, -0.2) is 36.5 Å². The summed E-state index contributed by atoms with van der Waals surface area (Å²) in [6.45, 7) is 11.8. The standard InChI is InChI=1S/C28H42N4O/c1-5-24-9-6-7-19-31(24)27(30)32(20-8-18-29)25-14-16-26(17-15-25)33-21-22-10-12-23(13-11-22)28(2,3)4/h10-17,24,30H,5-9,18-21,29H2,1-4H3. The van der Waals surface area contributed by atoms with Crippen LogP contribution in [0.1, 0.15) is 70.9 Å². The molecule has 33 heavy (non-hydrogen) atoms. The number of nitrogens with zero attached hydrogens (tertiary/aromatic N) is 2. The summed E-state index contributed by atoms with van der Waals surface area (Å²) in [5, 5.41) is 8.98. The Kier molecular flexibility index (Phi) is 8.79. The van der Waals surface area contributed by atoms with Crippen molar-refractivity contribution in [1.82, 2.24) is 4.90 Å². The topological polar surface area (TPSA) is 65.6 Å². The Balaban J connectivity index is 1.66. The fraction of sp³-hybridized carbons (Fsp3) is 0.536. The molecule has 0 bridgehead atoms. The zero-order valence-electron chi connectivity index (χ0n) is 20.9. The Morgan fingerprint density at radius 1 is 1.09 bits per heavy atom. The van der Waals surface area contributed by atoms with Gasteiger partial charge in [-0.3, -0.25) is 5.41 Å². The van der Waals surface area contributed by atoms with Crippen LogP contribution in [0.4, 0.5) is 5.69 Å². The number of ether oxygens (including phenoxy) is 1. The summed E-state index contributed by atoms with van der Waals surface area (Å²) in [5.74, 6) is 1.44. The van der Waals surface area contributed by atoms with Gasteiger partial charge in [0, 0.05) is 24.8 Å². The fourth-order valence-corrected chi connectivity index (χ4v) is 4.46. The van der Waals surface area contributed by atoms with E-state index in [1.807, 2.05) is 12.1 Å². The number of hydrogen-bond donors (Lipinski definition) is 2. The van der Waals surface area contributed by atoms with Crippen LogP contribution in [0.2, 0.25) is 0 Å². The maximum atomic E-state index is 8.98. The molecule has 2 aromatic carbocycles. The second-order valence-electron chi connectivity index (χ2n) is 10.1. The van der Waals surface area contributed by atoms with E-state index in [2.05, 4.69) is 73.9 Å². The van der Waals surface area contributed by atoms with Gasteiger partial charge in [-0.15, -0.1) is 0 Å². The quantitative estimate of drug-likeness (QED) is 0.387. The average molecular weight is 451 g/mol. The first-order chi connectivity index (χ1) is 15.8. The first kappa shape index (κ1) is 25.1. The van der Waals surface area contributed by atoms with E-state index in [-0.39, 0.29) is 5.41 Å². The molecule has 180 valence electrons. The molecular formula is C28H42N4O. The van der Waals surface area contributed by atoms with Crippen LogP contribution >= 0.6 is 0 Å². The van der Waals surface area contributed by atoms with Gasteiger partial charge in [-0.05, 0) is 79.5 Å². The minimum atomic E-state index is 0.157. The highest BCUT2D eigenvalue weighted by atomic mass is 16.5. The van der Waals surface area contributed by atoms with Crippen molar-refractivity contribution in [1.29, 1.82) is 5.41 Å². The van der Waals surface area contributed by atoms with Gasteiger partial charge in [-0.2, -0.15) is 0 Å². The summed E-state index contributed by atoms with van der Waals surface area (Å²) in [5.41, 5.74) is 9.48. The Morgan fingerprint density at radius 3 is 2.39 bits per heavy atom. The van der Waals surface area contributed by atoms with Crippen molar-refractivity contribution in [3.05, 3.63) is 59.7 Å². The van der Waals surface area contributed by atoms with Crippen LogP contribution in [0.5, 0.6) is 5.75 Å². The SMILES string of the molecule is CCC1CCCCN1C(=N)N(CCCN)c1ccc(OCc2ccc(C(C)(C)C)cc2)cc1. The zero-order valence-corrected chi connectivity index (χ0v) is 20.9. The number of benzene rings is 2. The van der Waals surface area contributed by atoms with Gasteiger partial charge in [0.25, 0.3) is 0 Å². The molecule has 0 saturated carbocycles. The number of rotatable bonds is 8. The third-order valence-electron chi connectivity index (χ3n) is 6.59. The number of nitrogens with two attached hydrogens (primary N) is 1. The summed E-state index contributed by atoms with van der Waals surface area (Å²) in [4.78, 5) is 4.39. The maximum absolute atomic E-state index is 8.98. The lowest BCUT2D eigenvalue weighted by Gasteiger charge is -2.41. The van der Waals surface area contributed by atoms with Crippen LogP contribution in [-0.2, 0) is 12.0 Å². The molecule has 0 spiro atoms. The predicted molar refractivity (Wildman–Crippen MR) is 139 cm³/mol. The Bertz CT molecular complexity index is 870. The number of hydrogen-bond acceptors (Lipinski definition) is 3. The highest BCUT2D eigenvalue weighted by Gasteiger charge is 2.27. The number of guanidine groups is 1. The molecule has 1 aliphatic heterocycles. The maximum Gasteiger partial charge on any atom is 0.198 e. The smallest absolute Gasteiger partial charge is 0.198 e. The second-order valence-corrected chi connectivity index (χ2v) is 10.1. The van der Waals surface area contributed by atoms with E-state index in [1.54, 1.807) is 0 Å². The molecule has 0 aromatic heterocycles. The molecule has 1 fully saturated rings. The summed E-state index contributed by atoms with van der Waals surface area (Å²) >= 11 is 0. The number of nitrogens with one attached hydrogen (secondary N) is 1. The molecule has 1 unspecified atom stereocenters. The molecule has 3 N–H and O–H groups in total. The van der Waals surface area contributed by atoms with Crippen LogP contribution in [0.25, 0.3) is 0 Å². The van der Waals surface area contributed by atoms with E-state index in [4.69, 9.17) is 15.9 Å². The normalized spacial score (nSPS) is 16.5. The molecule has 1 atom stereocenters. The molecule has 5 nitrogen and oxygen atoms in total. The van der Waals surface area contributed by atoms with Gasteiger partial charge in [0.2, 0.25) is 0 Å². The van der Waals surface area contributed by atoms with E-state index >= 15 is 0 Å². The van der Waals surface area contributed by atoms with Gasteiger partial charge in [-0.25, -0.2) is 0 Å². The second kappa shape index (κ2) is 11.6. The van der Waals surface area contributed by atoms with Crippen molar-refractivity contribution in [3.8, 4) is 5.75 Å². The fourth-order valence-electron chi connectivity index (χ4n) is 4.46. The Labute approximate surface area is 200 Å². The van der Waals surface area contributed by atoms with Gasteiger partial charge in [0.1, 0.15) is 12.4 Å². The van der Waals surface area contributed by atoms with Crippen molar-refractivity contribution in [3.63, 3.8) is 0 Å². The third-order valence-corrected chi connectivity index (χ3v) is 6.59. The minimum Gasteiger partial charge on any atom is -0.489 e. The zero-order chi connectivity index (χ0) is 23.8. The van der Waals surface area contributed by atoms with Crippen molar-refractivity contribution in [2.45, 2.75) is 77.9 Å². The lowest BCUT2D eigenvalue weighted by Crippen LogP contribution is -2.51. The molecule has 0 amide bonds. The molecule has 5 heteroatoms. The largest absolute Gasteiger partial charge is 0.489 e. The molecule has 1 saturated heterocycles. The molecule has 3 rings (SSSR count). The number of likely N-dealkylation sites (tertiary alicyclic amines) is 1. The van der Waals surface area contributed by atoms with E-state index in [0.29, 0.717) is 25.2 Å². The molecular weight excluding hydrogens is 408 g/mol. The van der Waals surface area contributed by atoms with Crippen molar-refractivity contribution in [2.24, 2.45) is 5.73 Å². The first-order valence-corrected chi connectivity index (χ1v) is 12.5. The van der Waals surface area contributed by atoms with Crippen LogP contribution in [0, 0.1) is 5.41 Å². The summed E-state index contributed by atoms with van der Waals surface area (Å²) < 4.78 is 6.04. The number of piperidine rings is 1. The molecule has 1 aliphatic rings. The third kappa shape index (κ3) is 6.73. The molecule has 0 radical (unpaired) electrons. The van der Waals surface area contributed by atoms with E-state index in [0.717, 1.165) is 49.4 Å². The van der Waals surface area contributed by atoms with Gasteiger partial charge < -0.3 is 20.3 Å². The van der Waals surface area contributed by atoms with Crippen LogP contribution < -0.4 is 15.4 Å². The van der Waals surface area contributed by atoms with Crippen molar-refractivity contribution < 1.29 is 4.74 Å². The van der Waals surface area contributed by atoms with Gasteiger partial charge >= 0.3 is 0 Å². The monoisotopic (exact) mass is 450 g/mol. The predicted octanol–water partition coefficient (Wildman–Crippen LogP) is 5.92. The lowest BCUT2D eigenvalue weighted by atomic mass is 9.87. The van der Waals surface area contributed by atoms with E-state index in [1.165, 1.54) is 18.4 Å². The van der Waals surface area contributed by atoms with Crippen molar-refractivity contribution in [2.75, 3.05) is 24.5 Å². The summed E-state index contributed by atoms with van der Waals surface area (Å²) in [7, 11) is 0.